The summed E-state index contributed by atoms with van der Waals surface area (Å²) in [5, 5.41) is 15.3. The van der Waals surface area contributed by atoms with E-state index in [9.17, 15) is 13.2 Å². The first-order valence-electron chi connectivity index (χ1n) is 7.00. The molecule has 3 aromatic heterocycles. The first-order chi connectivity index (χ1) is 12.2. The van der Waals surface area contributed by atoms with Gasteiger partial charge in [-0.15, -0.1) is 0 Å². The minimum Gasteiger partial charge on any atom is -0.358 e. The lowest BCUT2D eigenvalue weighted by molar-refractivity contribution is -0.138. The predicted molar refractivity (Wildman–Crippen MR) is 87.9 cm³/mol. The molecular formula is C14H8Cl2F3N7. The highest BCUT2D eigenvalue weighted by atomic mass is 35.5. The van der Waals surface area contributed by atoms with Gasteiger partial charge in [0.05, 0.1) is 22.5 Å². The molecule has 26 heavy (non-hydrogen) atoms. The van der Waals surface area contributed by atoms with Crippen molar-refractivity contribution in [3.05, 3.63) is 34.5 Å². The van der Waals surface area contributed by atoms with E-state index in [1.165, 1.54) is 18.7 Å². The molecule has 0 bridgehead atoms. The van der Waals surface area contributed by atoms with Gasteiger partial charge in [0.2, 0.25) is 0 Å². The van der Waals surface area contributed by atoms with Gasteiger partial charge in [0.15, 0.2) is 5.65 Å². The molecule has 0 amide bonds. The molecule has 0 saturated heterocycles. The Labute approximate surface area is 154 Å². The van der Waals surface area contributed by atoms with E-state index in [2.05, 4.69) is 25.4 Å². The largest absolute Gasteiger partial charge is 0.408 e. The van der Waals surface area contributed by atoms with E-state index >= 15 is 0 Å². The molecule has 0 spiro atoms. The molecule has 134 valence electrons. The SMILES string of the molecule is CC(Nc1c(-c2ncncc2Cl)c(Cl)nc2c(C#N)cnn12)C(F)(F)F. The number of rotatable bonds is 3. The quantitative estimate of drug-likeness (QED) is 0.672. The number of fused-ring (bicyclic) bond motifs is 1. The van der Waals surface area contributed by atoms with Crippen molar-refractivity contribution in [3.8, 4) is 17.3 Å². The average molecular weight is 402 g/mol. The van der Waals surface area contributed by atoms with Crippen molar-refractivity contribution in [1.29, 1.82) is 5.26 Å². The summed E-state index contributed by atoms with van der Waals surface area (Å²) < 4.78 is 40.3. The summed E-state index contributed by atoms with van der Waals surface area (Å²) in [6, 6.07) is -0.0936. The van der Waals surface area contributed by atoms with Gasteiger partial charge in [-0.2, -0.15) is 28.0 Å². The monoisotopic (exact) mass is 401 g/mol. The van der Waals surface area contributed by atoms with Gasteiger partial charge in [0.1, 0.15) is 35.0 Å². The third kappa shape index (κ3) is 3.11. The maximum Gasteiger partial charge on any atom is 0.408 e. The van der Waals surface area contributed by atoms with Crippen LogP contribution in [0.2, 0.25) is 10.2 Å². The van der Waals surface area contributed by atoms with Crippen molar-refractivity contribution < 1.29 is 13.2 Å². The Bertz CT molecular complexity index is 1030. The van der Waals surface area contributed by atoms with Gasteiger partial charge in [0.25, 0.3) is 0 Å². The second kappa shape index (κ2) is 6.59. The molecule has 0 aliphatic carbocycles. The zero-order chi connectivity index (χ0) is 19.1. The summed E-state index contributed by atoms with van der Waals surface area (Å²) in [5.74, 6) is -0.146. The van der Waals surface area contributed by atoms with E-state index < -0.39 is 12.2 Å². The summed E-state index contributed by atoms with van der Waals surface area (Å²) in [7, 11) is 0. The fourth-order valence-corrected chi connectivity index (χ4v) is 2.63. The van der Waals surface area contributed by atoms with E-state index in [0.717, 1.165) is 11.4 Å². The van der Waals surface area contributed by atoms with Crippen LogP contribution in [-0.4, -0.2) is 36.8 Å². The Balaban J connectivity index is 2.33. The van der Waals surface area contributed by atoms with E-state index in [1.807, 2.05) is 6.07 Å². The number of aromatic nitrogens is 5. The van der Waals surface area contributed by atoms with Crippen LogP contribution < -0.4 is 5.32 Å². The highest BCUT2D eigenvalue weighted by Gasteiger charge is 2.37. The predicted octanol–water partition coefficient (Wildman–Crippen LogP) is 3.73. The molecule has 0 aliphatic rings. The molecule has 3 aromatic rings. The molecule has 1 unspecified atom stereocenters. The van der Waals surface area contributed by atoms with Crippen molar-refractivity contribution in [3.63, 3.8) is 0 Å². The summed E-state index contributed by atoms with van der Waals surface area (Å²) in [6.07, 6.45) is -0.929. The standard InChI is InChI=1S/C14H8Cl2F3N7/c1-6(14(17,18)19)24-13-9(10-8(15)4-21-5-22-10)11(16)25-12-7(2-20)3-23-26(12)13/h3-6,24H,1H3. The van der Waals surface area contributed by atoms with E-state index in [1.54, 1.807) is 0 Å². The molecule has 7 nitrogen and oxygen atoms in total. The molecule has 3 heterocycles. The molecule has 3 rings (SSSR count). The molecule has 12 heteroatoms. The fraction of sp³-hybridized carbons (Fsp3) is 0.214. The summed E-state index contributed by atoms with van der Waals surface area (Å²) in [5.41, 5.74) is 0.139. The van der Waals surface area contributed by atoms with Crippen LogP contribution in [-0.2, 0) is 0 Å². The van der Waals surface area contributed by atoms with Crippen molar-refractivity contribution in [2.45, 2.75) is 19.1 Å². The van der Waals surface area contributed by atoms with Gasteiger partial charge >= 0.3 is 6.18 Å². The number of halogens is 5. The maximum atomic E-state index is 13.1. The van der Waals surface area contributed by atoms with Crippen LogP contribution in [0.15, 0.2) is 18.7 Å². The van der Waals surface area contributed by atoms with E-state index in [4.69, 9.17) is 28.5 Å². The normalized spacial score (nSPS) is 12.8. The minimum atomic E-state index is -4.54. The Kier molecular flexibility index (Phi) is 4.60. The number of nitrogens with zero attached hydrogens (tertiary/aromatic N) is 6. The van der Waals surface area contributed by atoms with Gasteiger partial charge in [-0.05, 0) is 6.92 Å². The highest BCUT2D eigenvalue weighted by Crippen LogP contribution is 2.38. The van der Waals surface area contributed by atoms with Crippen molar-refractivity contribution in [1.82, 2.24) is 24.6 Å². The van der Waals surface area contributed by atoms with Crippen LogP contribution in [0.1, 0.15) is 12.5 Å². The van der Waals surface area contributed by atoms with Crippen LogP contribution >= 0.6 is 23.2 Å². The molecular weight excluding hydrogens is 394 g/mol. The molecule has 1 atom stereocenters. The third-order valence-corrected chi connectivity index (χ3v) is 4.02. The Morgan fingerprint density at radius 1 is 1.31 bits per heavy atom. The molecule has 0 radical (unpaired) electrons. The number of nitriles is 1. The van der Waals surface area contributed by atoms with E-state index in [-0.39, 0.29) is 38.5 Å². The Hall–Kier alpha value is -2.64. The van der Waals surface area contributed by atoms with Gasteiger partial charge in [-0.25, -0.2) is 15.0 Å². The van der Waals surface area contributed by atoms with Gasteiger partial charge in [-0.1, -0.05) is 23.2 Å². The first kappa shape index (κ1) is 18.2. The second-order valence-electron chi connectivity index (χ2n) is 5.16. The molecule has 1 N–H and O–H groups in total. The second-order valence-corrected chi connectivity index (χ2v) is 5.92. The maximum absolute atomic E-state index is 13.1. The number of anilines is 1. The van der Waals surface area contributed by atoms with Crippen LogP contribution in [0.4, 0.5) is 19.0 Å². The zero-order valence-corrected chi connectivity index (χ0v) is 14.4. The summed E-state index contributed by atoms with van der Waals surface area (Å²) in [6.45, 7) is 0.931. The highest BCUT2D eigenvalue weighted by molar-refractivity contribution is 6.36. The van der Waals surface area contributed by atoms with Gasteiger partial charge in [0, 0.05) is 6.20 Å². The summed E-state index contributed by atoms with van der Waals surface area (Å²) in [4.78, 5) is 11.8. The molecule has 0 aliphatic heterocycles. The minimum absolute atomic E-state index is 0.00306. The van der Waals surface area contributed by atoms with Crippen LogP contribution in [0.5, 0.6) is 0 Å². The lowest BCUT2D eigenvalue weighted by Crippen LogP contribution is -2.34. The van der Waals surface area contributed by atoms with Crippen molar-refractivity contribution in [2.75, 3.05) is 5.32 Å². The molecule has 0 fully saturated rings. The average Bonchev–Trinajstić information content (AvgIpc) is 2.97. The Morgan fingerprint density at radius 2 is 2.04 bits per heavy atom. The van der Waals surface area contributed by atoms with Crippen LogP contribution in [0.25, 0.3) is 16.9 Å². The van der Waals surface area contributed by atoms with Gasteiger partial charge in [-0.3, -0.25) is 0 Å². The van der Waals surface area contributed by atoms with Crippen molar-refractivity contribution in [2.24, 2.45) is 0 Å². The first-order valence-corrected chi connectivity index (χ1v) is 7.76. The molecule has 0 aromatic carbocycles. The van der Waals surface area contributed by atoms with Crippen LogP contribution in [0.3, 0.4) is 0 Å². The molecule has 0 saturated carbocycles. The van der Waals surface area contributed by atoms with E-state index in [0.29, 0.717) is 0 Å². The third-order valence-electron chi connectivity index (χ3n) is 3.47. The lowest BCUT2D eigenvalue weighted by Gasteiger charge is -2.21. The lowest BCUT2D eigenvalue weighted by atomic mass is 10.2. The topological polar surface area (TPSA) is 91.8 Å². The van der Waals surface area contributed by atoms with Gasteiger partial charge < -0.3 is 5.32 Å². The van der Waals surface area contributed by atoms with Crippen molar-refractivity contribution >= 4 is 34.7 Å². The smallest absolute Gasteiger partial charge is 0.358 e. The number of hydrogen-bond acceptors (Lipinski definition) is 6. The Morgan fingerprint density at radius 3 is 2.65 bits per heavy atom. The van der Waals surface area contributed by atoms with Crippen LogP contribution in [0, 0.1) is 11.3 Å². The fourth-order valence-electron chi connectivity index (χ4n) is 2.17. The summed E-state index contributed by atoms with van der Waals surface area (Å²) >= 11 is 12.3. The zero-order valence-electron chi connectivity index (χ0n) is 12.9. The number of nitrogens with one attached hydrogen (secondary N) is 1. The number of alkyl halides is 3. The number of hydrogen-bond donors (Lipinski definition) is 1.